The Morgan fingerprint density at radius 1 is 1.20 bits per heavy atom. The highest BCUT2D eigenvalue weighted by molar-refractivity contribution is 7.99. The van der Waals surface area contributed by atoms with Gasteiger partial charge in [0.1, 0.15) is 6.04 Å². The Morgan fingerprint density at radius 2 is 1.92 bits per heavy atom. The maximum atomic E-state index is 12.8. The molecular weight excluding hydrogens is 340 g/mol. The van der Waals surface area contributed by atoms with Crippen LogP contribution in [0, 0.1) is 18.8 Å². The topological polar surface area (TPSA) is 86.7 Å². The summed E-state index contributed by atoms with van der Waals surface area (Å²) in [5, 5.41) is 12.0. The first-order valence-corrected chi connectivity index (χ1v) is 9.60. The Labute approximate surface area is 151 Å². The van der Waals surface area contributed by atoms with E-state index in [9.17, 15) is 14.4 Å². The zero-order chi connectivity index (χ0) is 18.0. The second-order valence-electron chi connectivity index (χ2n) is 6.67. The van der Waals surface area contributed by atoms with Gasteiger partial charge in [-0.3, -0.25) is 14.4 Å². The van der Waals surface area contributed by atoms with Gasteiger partial charge in [-0.2, -0.15) is 0 Å². The van der Waals surface area contributed by atoms with Gasteiger partial charge in [0.2, 0.25) is 11.8 Å². The van der Waals surface area contributed by atoms with Crippen LogP contribution >= 0.6 is 11.8 Å². The van der Waals surface area contributed by atoms with E-state index in [1.54, 1.807) is 16.7 Å². The summed E-state index contributed by atoms with van der Waals surface area (Å²) in [5.74, 6) is -0.770. The Balaban J connectivity index is 1.66. The number of thioether (sulfide) groups is 1. The van der Waals surface area contributed by atoms with Crippen LogP contribution in [-0.4, -0.2) is 45.5 Å². The molecule has 2 fully saturated rings. The molecule has 2 amide bonds. The van der Waals surface area contributed by atoms with Crippen LogP contribution in [0.25, 0.3) is 0 Å². The number of hydrogen-bond donors (Lipinski definition) is 2. The first-order valence-electron chi connectivity index (χ1n) is 8.45. The largest absolute Gasteiger partial charge is 0.481 e. The predicted molar refractivity (Wildman–Crippen MR) is 96.2 cm³/mol. The van der Waals surface area contributed by atoms with E-state index in [1.807, 2.05) is 31.2 Å². The molecule has 1 saturated heterocycles. The maximum absolute atomic E-state index is 12.8. The number of amides is 2. The number of nitrogens with one attached hydrogen (secondary N) is 1. The minimum atomic E-state index is -0.833. The quantitative estimate of drug-likeness (QED) is 0.858. The molecule has 2 aliphatic rings. The molecule has 25 heavy (non-hydrogen) atoms. The number of hydrogen-bond acceptors (Lipinski definition) is 4. The van der Waals surface area contributed by atoms with Gasteiger partial charge in [0.25, 0.3) is 0 Å². The van der Waals surface area contributed by atoms with Crippen molar-refractivity contribution >= 4 is 35.2 Å². The summed E-state index contributed by atoms with van der Waals surface area (Å²) in [5.41, 5.74) is 1.73. The lowest BCUT2D eigenvalue weighted by Gasteiger charge is -2.26. The molecule has 3 atom stereocenters. The van der Waals surface area contributed by atoms with Gasteiger partial charge in [-0.05, 0) is 37.8 Å². The second-order valence-corrected chi connectivity index (χ2v) is 7.67. The molecule has 6 nitrogen and oxygen atoms in total. The number of carbonyl (C=O) groups is 3. The fourth-order valence-corrected chi connectivity index (χ4v) is 4.63. The van der Waals surface area contributed by atoms with Gasteiger partial charge in [-0.15, -0.1) is 11.8 Å². The van der Waals surface area contributed by atoms with E-state index in [-0.39, 0.29) is 17.7 Å². The summed E-state index contributed by atoms with van der Waals surface area (Å²) in [6.45, 7) is 1.92. The number of benzene rings is 1. The molecule has 3 rings (SSSR count). The molecule has 1 aromatic rings. The molecule has 2 N–H and O–H groups in total. The smallest absolute Gasteiger partial charge is 0.306 e. The molecule has 0 aromatic heterocycles. The number of para-hydroxylation sites is 1. The number of aliphatic carboxylic acids is 1. The van der Waals surface area contributed by atoms with E-state index in [2.05, 4.69) is 5.32 Å². The number of carboxylic acids is 1. The Morgan fingerprint density at radius 3 is 2.60 bits per heavy atom. The van der Waals surface area contributed by atoms with Crippen LogP contribution in [0.2, 0.25) is 0 Å². The van der Waals surface area contributed by atoms with Crippen molar-refractivity contribution in [2.45, 2.75) is 32.2 Å². The van der Waals surface area contributed by atoms with Gasteiger partial charge in [-0.25, -0.2) is 0 Å². The van der Waals surface area contributed by atoms with E-state index < -0.39 is 17.9 Å². The zero-order valence-corrected chi connectivity index (χ0v) is 14.9. The van der Waals surface area contributed by atoms with Gasteiger partial charge in [-0.1, -0.05) is 18.2 Å². The summed E-state index contributed by atoms with van der Waals surface area (Å²) in [6.07, 6.45) is 1.50. The number of rotatable bonds is 4. The Kier molecular flexibility index (Phi) is 5.32. The molecule has 1 unspecified atom stereocenters. The van der Waals surface area contributed by atoms with Crippen molar-refractivity contribution in [2.24, 2.45) is 11.8 Å². The number of carbonyl (C=O) groups excluding carboxylic acids is 2. The third-order valence-corrected chi connectivity index (χ3v) is 6.01. The van der Waals surface area contributed by atoms with Gasteiger partial charge in [0.05, 0.1) is 11.8 Å². The minimum Gasteiger partial charge on any atom is -0.481 e. The summed E-state index contributed by atoms with van der Waals surface area (Å²) >= 11 is 1.56. The Hall–Kier alpha value is -2.02. The number of nitrogens with zero attached hydrogens (tertiary/aromatic N) is 1. The van der Waals surface area contributed by atoms with Crippen molar-refractivity contribution < 1.29 is 19.5 Å². The molecule has 1 aliphatic heterocycles. The summed E-state index contributed by atoms with van der Waals surface area (Å²) in [6, 6.07) is 7.04. The molecule has 134 valence electrons. The molecule has 0 bridgehead atoms. The highest BCUT2D eigenvalue weighted by atomic mass is 32.2. The van der Waals surface area contributed by atoms with Gasteiger partial charge in [0, 0.05) is 17.4 Å². The second kappa shape index (κ2) is 7.47. The number of anilines is 1. The summed E-state index contributed by atoms with van der Waals surface area (Å²) in [7, 11) is 0. The van der Waals surface area contributed by atoms with Crippen LogP contribution < -0.4 is 5.32 Å². The molecule has 1 saturated carbocycles. The zero-order valence-electron chi connectivity index (χ0n) is 14.1. The van der Waals surface area contributed by atoms with Crippen molar-refractivity contribution in [1.82, 2.24) is 4.90 Å². The van der Waals surface area contributed by atoms with Crippen LogP contribution in [0.15, 0.2) is 24.3 Å². The summed E-state index contributed by atoms with van der Waals surface area (Å²) in [4.78, 5) is 38.2. The number of carboxylic acid groups (broad SMARTS) is 1. The average Bonchev–Trinajstić information content (AvgIpc) is 3.26. The first-order chi connectivity index (χ1) is 12.0. The lowest BCUT2D eigenvalue weighted by molar-refractivity contribution is -0.142. The monoisotopic (exact) mass is 362 g/mol. The molecule has 1 aromatic carbocycles. The minimum absolute atomic E-state index is 0.0846. The van der Waals surface area contributed by atoms with E-state index in [0.29, 0.717) is 30.9 Å². The fraction of sp³-hybridized carbons (Fsp3) is 0.500. The highest BCUT2D eigenvalue weighted by Crippen LogP contribution is 2.35. The first kappa shape index (κ1) is 17.8. The third kappa shape index (κ3) is 3.81. The molecule has 1 aliphatic carbocycles. The number of aryl methyl sites for hydroxylation is 1. The van der Waals surface area contributed by atoms with E-state index in [0.717, 1.165) is 11.3 Å². The van der Waals surface area contributed by atoms with Crippen LogP contribution in [0.5, 0.6) is 0 Å². The molecular formula is C18H22N2O4S. The van der Waals surface area contributed by atoms with Crippen LogP contribution in [-0.2, 0) is 14.4 Å². The van der Waals surface area contributed by atoms with Gasteiger partial charge < -0.3 is 15.3 Å². The predicted octanol–water partition coefficient (Wildman–Crippen LogP) is 2.34. The molecule has 7 heteroatoms. The van der Waals surface area contributed by atoms with Crippen LogP contribution in [0.1, 0.15) is 24.8 Å². The average molecular weight is 362 g/mol. The summed E-state index contributed by atoms with van der Waals surface area (Å²) < 4.78 is 0. The van der Waals surface area contributed by atoms with Gasteiger partial charge >= 0.3 is 5.97 Å². The van der Waals surface area contributed by atoms with Crippen molar-refractivity contribution in [3.8, 4) is 0 Å². The van der Waals surface area contributed by atoms with E-state index in [4.69, 9.17) is 5.11 Å². The van der Waals surface area contributed by atoms with Gasteiger partial charge in [0.15, 0.2) is 0 Å². The van der Waals surface area contributed by atoms with E-state index >= 15 is 0 Å². The van der Waals surface area contributed by atoms with E-state index in [1.165, 1.54) is 0 Å². The highest BCUT2D eigenvalue weighted by Gasteiger charge is 2.41. The van der Waals surface area contributed by atoms with Crippen molar-refractivity contribution in [3.63, 3.8) is 0 Å². The Bertz CT molecular complexity index is 693. The lowest BCUT2D eigenvalue weighted by atomic mass is 10.0. The third-order valence-electron chi connectivity index (χ3n) is 5.00. The lowest BCUT2D eigenvalue weighted by Crippen LogP contribution is -2.46. The maximum Gasteiger partial charge on any atom is 0.306 e. The SMILES string of the molecule is Cc1ccccc1NC(=O)C1CSCN1C(=O)[C@@H]1CC[C@H](C(=O)O)C1. The van der Waals surface area contributed by atoms with Crippen LogP contribution in [0.4, 0.5) is 5.69 Å². The standard InChI is InChI=1S/C18H22N2O4S/c1-11-4-2-3-5-14(11)19-16(21)15-9-25-10-20(15)17(22)12-6-7-13(8-12)18(23)24/h2-5,12-13,15H,6-10H2,1H3,(H,19,21)(H,23,24)/t12-,13+,15?/m1/s1. The molecule has 0 spiro atoms. The molecule has 0 radical (unpaired) electrons. The van der Waals surface area contributed by atoms with Crippen molar-refractivity contribution in [1.29, 1.82) is 0 Å². The van der Waals surface area contributed by atoms with Crippen molar-refractivity contribution in [2.75, 3.05) is 16.9 Å². The van der Waals surface area contributed by atoms with Crippen LogP contribution in [0.3, 0.4) is 0 Å². The fourth-order valence-electron chi connectivity index (χ4n) is 3.47. The molecule has 1 heterocycles. The normalized spacial score (nSPS) is 25.8. The van der Waals surface area contributed by atoms with Crippen molar-refractivity contribution in [3.05, 3.63) is 29.8 Å².